The number of nitrogens with zero attached hydrogens (tertiary/aromatic N) is 1. The van der Waals surface area contributed by atoms with Gasteiger partial charge in [0.05, 0.1) is 23.5 Å². The summed E-state index contributed by atoms with van der Waals surface area (Å²) in [6.45, 7) is 0.357. The zero-order chi connectivity index (χ0) is 18.7. The molecule has 24 heavy (non-hydrogen) atoms. The van der Waals surface area contributed by atoms with E-state index in [0.29, 0.717) is 5.69 Å². The summed E-state index contributed by atoms with van der Waals surface area (Å²) in [6, 6.07) is 1.91. The van der Waals surface area contributed by atoms with Crippen molar-refractivity contribution in [1.82, 2.24) is 5.32 Å². The van der Waals surface area contributed by atoms with Crippen LogP contribution in [0.3, 0.4) is 0 Å². The van der Waals surface area contributed by atoms with E-state index in [1.807, 2.05) is 0 Å². The molecule has 0 aliphatic heterocycles. The van der Waals surface area contributed by atoms with Crippen molar-refractivity contribution in [2.24, 2.45) is 0 Å². The van der Waals surface area contributed by atoms with Crippen molar-refractivity contribution in [3.63, 3.8) is 0 Å². The van der Waals surface area contributed by atoms with Gasteiger partial charge in [-0.05, 0) is 25.1 Å². The average Bonchev–Trinajstić information content (AvgIpc) is 2.43. The third-order valence-electron chi connectivity index (χ3n) is 3.11. The van der Waals surface area contributed by atoms with E-state index >= 15 is 0 Å². The lowest BCUT2D eigenvalue weighted by molar-refractivity contribution is -0.155. The van der Waals surface area contributed by atoms with Crippen LogP contribution in [0.2, 0.25) is 0 Å². The molecule has 4 N–H and O–H groups in total. The van der Waals surface area contributed by atoms with Crippen LogP contribution in [-0.2, 0) is 11.0 Å². The first kappa shape index (κ1) is 19.6. The standard InChI is InChI=1S/C14H18F3N3O4/c1-13(24,11(21)22)7-18-12(23)19-9-6-8(14(15,16)17)4-5-10(9)20(2)3/h4-6,24H,7H2,1-3H3,(H,21,22)(H2,18,19,23). The molecule has 0 aliphatic carbocycles. The molecule has 1 aromatic carbocycles. The molecule has 0 aliphatic rings. The number of amides is 2. The van der Waals surface area contributed by atoms with Gasteiger partial charge < -0.3 is 25.7 Å². The molecular formula is C14H18F3N3O4. The van der Waals surface area contributed by atoms with Crippen LogP contribution in [0.5, 0.6) is 0 Å². The third-order valence-corrected chi connectivity index (χ3v) is 3.11. The predicted octanol–water partition coefficient (Wildman–Crippen LogP) is 1.73. The van der Waals surface area contributed by atoms with E-state index in [1.54, 1.807) is 14.1 Å². The number of carbonyl (C=O) groups excluding carboxylic acids is 1. The number of alkyl halides is 3. The highest BCUT2D eigenvalue weighted by molar-refractivity contribution is 5.93. The van der Waals surface area contributed by atoms with Crippen LogP contribution in [0.25, 0.3) is 0 Å². The number of carboxylic acid groups (broad SMARTS) is 1. The molecule has 1 aromatic rings. The number of rotatable bonds is 5. The zero-order valence-electron chi connectivity index (χ0n) is 13.2. The minimum atomic E-state index is -4.58. The quantitative estimate of drug-likeness (QED) is 0.648. The monoisotopic (exact) mass is 349 g/mol. The number of hydrogen-bond donors (Lipinski definition) is 4. The van der Waals surface area contributed by atoms with E-state index in [2.05, 4.69) is 10.6 Å². The fourth-order valence-electron chi connectivity index (χ4n) is 1.70. The number of hydrogen-bond acceptors (Lipinski definition) is 4. The zero-order valence-corrected chi connectivity index (χ0v) is 13.2. The van der Waals surface area contributed by atoms with Crippen molar-refractivity contribution in [2.45, 2.75) is 18.7 Å². The Labute approximate surface area is 136 Å². The third kappa shape index (κ3) is 5.01. The number of carbonyl (C=O) groups is 2. The minimum Gasteiger partial charge on any atom is -0.479 e. The molecular weight excluding hydrogens is 331 g/mol. The van der Waals surface area contributed by atoms with Gasteiger partial charge in [-0.3, -0.25) is 0 Å². The summed E-state index contributed by atoms with van der Waals surface area (Å²) in [6.07, 6.45) is -4.58. The van der Waals surface area contributed by atoms with Crippen molar-refractivity contribution in [3.05, 3.63) is 23.8 Å². The summed E-state index contributed by atoms with van der Waals surface area (Å²) in [7, 11) is 3.17. The number of urea groups is 1. The van der Waals surface area contributed by atoms with Gasteiger partial charge in [-0.15, -0.1) is 0 Å². The number of halogens is 3. The molecule has 0 bridgehead atoms. The summed E-state index contributed by atoms with van der Waals surface area (Å²) in [5, 5.41) is 22.6. The summed E-state index contributed by atoms with van der Waals surface area (Å²) in [4.78, 5) is 24.0. The molecule has 1 rings (SSSR count). The second-order valence-corrected chi connectivity index (χ2v) is 5.51. The molecule has 10 heteroatoms. The van der Waals surface area contributed by atoms with Crippen molar-refractivity contribution < 1.29 is 33.0 Å². The van der Waals surface area contributed by atoms with Crippen molar-refractivity contribution >= 4 is 23.4 Å². The number of carboxylic acids is 1. The topological polar surface area (TPSA) is 102 Å². The first-order valence-corrected chi connectivity index (χ1v) is 6.74. The van der Waals surface area contributed by atoms with E-state index in [0.717, 1.165) is 19.1 Å². The van der Waals surface area contributed by atoms with Crippen LogP contribution in [0, 0.1) is 0 Å². The number of benzene rings is 1. The second-order valence-electron chi connectivity index (χ2n) is 5.51. The maximum Gasteiger partial charge on any atom is 0.416 e. The molecule has 2 amide bonds. The van der Waals surface area contributed by atoms with Gasteiger partial charge in [-0.2, -0.15) is 13.2 Å². The Morgan fingerprint density at radius 1 is 1.25 bits per heavy atom. The van der Waals surface area contributed by atoms with Crippen molar-refractivity contribution in [1.29, 1.82) is 0 Å². The van der Waals surface area contributed by atoms with Crippen LogP contribution < -0.4 is 15.5 Å². The molecule has 1 unspecified atom stereocenters. The molecule has 0 spiro atoms. The molecule has 0 fully saturated rings. The molecule has 0 saturated heterocycles. The van der Waals surface area contributed by atoms with Gasteiger partial charge in [0.25, 0.3) is 0 Å². The largest absolute Gasteiger partial charge is 0.479 e. The number of aliphatic carboxylic acids is 1. The summed E-state index contributed by atoms with van der Waals surface area (Å²) >= 11 is 0. The van der Waals surface area contributed by atoms with Gasteiger partial charge in [0.2, 0.25) is 0 Å². The van der Waals surface area contributed by atoms with Crippen molar-refractivity contribution in [2.75, 3.05) is 30.9 Å². The van der Waals surface area contributed by atoms with Gasteiger partial charge in [0, 0.05) is 14.1 Å². The fraction of sp³-hybridized carbons (Fsp3) is 0.429. The molecule has 0 saturated carbocycles. The first-order valence-electron chi connectivity index (χ1n) is 6.74. The average molecular weight is 349 g/mol. The maximum atomic E-state index is 12.8. The number of anilines is 2. The second kappa shape index (κ2) is 6.95. The molecule has 7 nitrogen and oxygen atoms in total. The lowest BCUT2D eigenvalue weighted by Gasteiger charge is -2.21. The molecule has 0 radical (unpaired) electrons. The van der Waals surface area contributed by atoms with Crippen LogP contribution in [0.1, 0.15) is 12.5 Å². The lowest BCUT2D eigenvalue weighted by atomic mass is 10.1. The minimum absolute atomic E-state index is 0.109. The van der Waals surface area contributed by atoms with Gasteiger partial charge in [-0.1, -0.05) is 0 Å². The predicted molar refractivity (Wildman–Crippen MR) is 81.1 cm³/mol. The smallest absolute Gasteiger partial charge is 0.416 e. The van der Waals surface area contributed by atoms with E-state index in [4.69, 9.17) is 5.11 Å². The SMILES string of the molecule is CN(C)c1ccc(C(F)(F)F)cc1NC(=O)NCC(C)(O)C(=O)O. The van der Waals surface area contributed by atoms with Crippen LogP contribution in [-0.4, -0.2) is 48.5 Å². The highest BCUT2D eigenvalue weighted by Gasteiger charge is 2.32. The Kier molecular flexibility index (Phi) is 5.67. The molecule has 134 valence electrons. The normalized spacial score (nSPS) is 13.8. The van der Waals surface area contributed by atoms with Crippen LogP contribution in [0.4, 0.5) is 29.3 Å². The fourth-order valence-corrected chi connectivity index (χ4v) is 1.70. The van der Waals surface area contributed by atoms with Crippen LogP contribution >= 0.6 is 0 Å². The van der Waals surface area contributed by atoms with E-state index in [9.17, 15) is 27.9 Å². The molecule has 1 atom stereocenters. The Morgan fingerprint density at radius 3 is 2.29 bits per heavy atom. The molecule has 0 heterocycles. The van der Waals surface area contributed by atoms with Gasteiger partial charge >= 0.3 is 18.2 Å². The Morgan fingerprint density at radius 2 is 1.83 bits per heavy atom. The summed E-state index contributed by atoms with van der Waals surface area (Å²) in [5.74, 6) is -1.55. The van der Waals surface area contributed by atoms with Gasteiger partial charge in [0.1, 0.15) is 0 Å². The van der Waals surface area contributed by atoms with Gasteiger partial charge in [-0.25, -0.2) is 9.59 Å². The highest BCUT2D eigenvalue weighted by Crippen LogP contribution is 2.34. The summed E-state index contributed by atoms with van der Waals surface area (Å²) in [5.41, 5.74) is -2.93. The first-order chi connectivity index (χ1) is 10.8. The Balaban J connectivity index is 2.96. The highest BCUT2D eigenvalue weighted by atomic mass is 19.4. The van der Waals surface area contributed by atoms with E-state index in [1.165, 1.54) is 11.0 Å². The number of nitrogens with one attached hydrogen (secondary N) is 2. The Hall–Kier alpha value is -2.49. The molecule has 0 aromatic heterocycles. The lowest BCUT2D eigenvalue weighted by Crippen LogP contribution is -2.47. The number of aliphatic hydroxyl groups is 1. The van der Waals surface area contributed by atoms with E-state index in [-0.39, 0.29) is 5.69 Å². The van der Waals surface area contributed by atoms with Crippen molar-refractivity contribution in [3.8, 4) is 0 Å². The maximum absolute atomic E-state index is 12.8. The Bertz CT molecular complexity index is 630. The van der Waals surface area contributed by atoms with E-state index < -0.39 is 35.9 Å². The van der Waals surface area contributed by atoms with Gasteiger partial charge in [0.15, 0.2) is 5.60 Å². The van der Waals surface area contributed by atoms with Crippen LogP contribution in [0.15, 0.2) is 18.2 Å². The summed E-state index contributed by atoms with van der Waals surface area (Å²) < 4.78 is 38.4.